The van der Waals surface area contributed by atoms with E-state index in [-0.39, 0.29) is 17.5 Å². The normalized spacial score (nSPS) is 11.9. The minimum absolute atomic E-state index is 0.0161. The molecule has 1 atom stereocenters. The summed E-state index contributed by atoms with van der Waals surface area (Å²) in [7, 11) is 0. The summed E-state index contributed by atoms with van der Waals surface area (Å²) in [5, 5.41) is 14.1. The van der Waals surface area contributed by atoms with Gasteiger partial charge in [0, 0.05) is 6.07 Å². The SMILES string of the molecule is CCC(Nc1ccccc1[N+](=O)[O-])c1cccc(F)c1. The van der Waals surface area contributed by atoms with E-state index in [4.69, 9.17) is 0 Å². The Hall–Kier alpha value is -2.43. The molecule has 0 aliphatic carbocycles. The van der Waals surface area contributed by atoms with Crippen molar-refractivity contribution < 1.29 is 9.31 Å². The van der Waals surface area contributed by atoms with Crippen molar-refractivity contribution in [3.63, 3.8) is 0 Å². The van der Waals surface area contributed by atoms with Crippen LogP contribution in [0.2, 0.25) is 0 Å². The number of anilines is 1. The van der Waals surface area contributed by atoms with E-state index in [0.29, 0.717) is 12.1 Å². The number of hydrogen-bond donors (Lipinski definition) is 1. The van der Waals surface area contributed by atoms with Crippen molar-refractivity contribution in [3.8, 4) is 0 Å². The van der Waals surface area contributed by atoms with Gasteiger partial charge in [0.05, 0.1) is 11.0 Å². The Morgan fingerprint density at radius 1 is 1.25 bits per heavy atom. The second-order valence-corrected chi connectivity index (χ2v) is 4.43. The van der Waals surface area contributed by atoms with Gasteiger partial charge in [-0.15, -0.1) is 0 Å². The van der Waals surface area contributed by atoms with Crippen LogP contribution in [0.25, 0.3) is 0 Å². The molecule has 0 amide bonds. The molecule has 0 spiro atoms. The average Bonchev–Trinajstić information content (AvgIpc) is 2.45. The number of nitro groups is 1. The number of hydrogen-bond acceptors (Lipinski definition) is 3. The molecule has 0 bridgehead atoms. The van der Waals surface area contributed by atoms with Crippen LogP contribution in [0.15, 0.2) is 48.5 Å². The van der Waals surface area contributed by atoms with Crippen LogP contribution in [-0.2, 0) is 0 Å². The Kier molecular flexibility index (Phi) is 4.30. The zero-order chi connectivity index (χ0) is 14.5. The summed E-state index contributed by atoms with van der Waals surface area (Å²) in [4.78, 5) is 10.6. The quantitative estimate of drug-likeness (QED) is 0.653. The molecule has 2 rings (SSSR count). The molecule has 104 valence electrons. The van der Waals surface area contributed by atoms with Crippen molar-refractivity contribution in [1.82, 2.24) is 0 Å². The summed E-state index contributed by atoms with van der Waals surface area (Å²) in [5.74, 6) is -0.315. The topological polar surface area (TPSA) is 55.2 Å². The zero-order valence-electron chi connectivity index (χ0n) is 11.0. The lowest BCUT2D eigenvalue weighted by atomic mass is 10.0. The van der Waals surface area contributed by atoms with Gasteiger partial charge in [-0.1, -0.05) is 31.2 Å². The van der Waals surface area contributed by atoms with E-state index in [9.17, 15) is 14.5 Å². The molecule has 0 fully saturated rings. The molecular formula is C15H15FN2O2. The van der Waals surface area contributed by atoms with Crippen LogP contribution in [0.4, 0.5) is 15.8 Å². The molecule has 20 heavy (non-hydrogen) atoms. The first kappa shape index (κ1) is 14.0. The van der Waals surface area contributed by atoms with Gasteiger partial charge in [-0.05, 0) is 30.2 Å². The van der Waals surface area contributed by atoms with Gasteiger partial charge in [-0.25, -0.2) is 4.39 Å². The Balaban J connectivity index is 2.29. The van der Waals surface area contributed by atoms with Gasteiger partial charge in [0.15, 0.2) is 0 Å². The molecule has 5 heteroatoms. The standard InChI is InChI=1S/C15H15FN2O2/c1-2-13(11-6-5-7-12(16)10-11)17-14-8-3-4-9-15(14)18(19)20/h3-10,13,17H,2H2,1H3. The Bertz CT molecular complexity index is 616. The summed E-state index contributed by atoms with van der Waals surface area (Å²) in [6, 6.07) is 12.5. The molecule has 0 aliphatic rings. The van der Waals surface area contributed by atoms with Crippen LogP contribution < -0.4 is 5.32 Å². The Morgan fingerprint density at radius 2 is 2.00 bits per heavy atom. The summed E-state index contributed by atoms with van der Waals surface area (Å²) < 4.78 is 13.3. The van der Waals surface area contributed by atoms with E-state index in [1.165, 1.54) is 18.2 Å². The maximum atomic E-state index is 13.3. The third-order valence-corrected chi connectivity index (χ3v) is 3.09. The number of nitrogens with one attached hydrogen (secondary N) is 1. The van der Waals surface area contributed by atoms with Crippen LogP contribution in [0.5, 0.6) is 0 Å². The van der Waals surface area contributed by atoms with E-state index in [1.807, 2.05) is 6.92 Å². The fraction of sp³-hybridized carbons (Fsp3) is 0.200. The number of benzene rings is 2. The summed E-state index contributed by atoms with van der Waals surface area (Å²) in [6.45, 7) is 1.94. The van der Waals surface area contributed by atoms with Gasteiger partial charge >= 0.3 is 0 Å². The minimum Gasteiger partial charge on any atom is -0.373 e. The van der Waals surface area contributed by atoms with Gasteiger partial charge in [0.1, 0.15) is 11.5 Å². The lowest BCUT2D eigenvalue weighted by molar-refractivity contribution is -0.384. The minimum atomic E-state index is -0.430. The Morgan fingerprint density at radius 3 is 2.65 bits per heavy atom. The highest BCUT2D eigenvalue weighted by Gasteiger charge is 2.16. The van der Waals surface area contributed by atoms with E-state index in [0.717, 1.165) is 5.56 Å². The zero-order valence-corrected chi connectivity index (χ0v) is 11.0. The Labute approximate surface area is 116 Å². The maximum absolute atomic E-state index is 13.3. The summed E-state index contributed by atoms with van der Waals surface area (Å²) in [5.41, 5.74) is 1.22. The van der Waals surface area contributed by atoms with Gasteiger partial charge in [0.25, 0.3) is 5.69 Å². The molecule has 2 aromatic carbocycles. The van der Waals surface area contributed by atoms with Crippen molar-refractivity contribution >= 4 is 11.4 Å². The number of nitrogens with zero attached hydrogens (tertiary/aromatic N) is 1. The van der Waals surface area contributed by atoms with Crippen molar-refractivity contribution in [2.75, 3.05) is 5.32 Å². The third-order valence-electron chi connectivity index (χ3n) is 3.09. The molecule has 4 nitrogen and oxygen atoms in total. The predicted molar refractivity (Wildman–Crippen MR) is 76.2 cm³/mol. The number of nitro benzene ring substituents is 1. The molecule has 0 heterocycles. The molecule has 0 saturated heterocycles. The van der Waals surface area contributed by atoms with E-state index in [2.05, 4.69) is 5.32 Å². The average molecular weight is 274 g/mol. The molecule has 0 aliphatic heterocycles. The van der Waals surface area contributed by atoms with Crippen molar-refractivity contribution in [1.29, 1.82) is 0 Å². The molecule has 1 unspecified atom stereocenters. The first-order valence-electron chi connectivity index (χ1n) is 6.37. The summed E-state index contributed by atoms with van der Waals surface area (Å²) >= 11 is 0. The first-order valence-corrected chi connectivity index (χ1v) is 6.37. The fourth-order valence-electron chi connectivity index (χ4n) is 2.09. The smallest absolute Gasteiger partial charge is 0.292 e. The largest absolute Gasteiger partial charge is 0.373 e. The second-order valence-electron chi connectivity index (χ2n) is 4.43. The summed E-state index contributed by atoms with van der Waals surface area (Å²) in [6.07, 6.45) is 0.690. The van der Waals surface area contributed by atoms with Crippen LogP contribution >= 0.6 is 0 Å². The molecule has 0 saturated carbocycles. The fourth-order valence-corrected chi connectivity index (χ4v) is 2.09. The van der Waals surface area contributed by atoms with E-state index < -0.39 is 4.92 Å². The van der Waals surface area contributed by atoms with Crippen LogP contribution in [0, 0.1) is 15.9 Å². The second kappa shape index (κ2) is 6.14. The van der Waals surface area contributed by atoms with Crippen LogP contribution in [-0.4, -0.2) is 4.92 Å². The van der Waals surface area contributed by atoms with Crippen molar-refractivity contribution in [2.24, 2.45) is 0 Å². The molecule has 0 aromatic heterocycles. The lowest BCUT2D eigenvalue weighted by Gasteiger charge is -2.18. The maximum Gasteiger partial charge on any atom is 0.292 e. The van der Waals surface area contributed by atoms with E-state index >= 15 is 0 Å². The van der Waals surface area contributed by atoms with E-state index in [1.54, 1.807) is 30.3 Å². The molecular weight excluding hydrogens is 259 g/mol. The van der Waals surface area contributed by atoms with Crippen LogP contribution in [0.3, 0.4) is 0 Å². The number of para-hydroxylation sites is 2. The van der Waals surface area contributed by atoms with Crippen molar-refractivity contribution in [2.45, 2.75) is 19.4 Å². The van der Waals surface area contributed by atoms with Gasteiger partial charge in [-0.2, -0.15) is 0 Å². The first-order chi connectivity index (χ1) is 9.61. The highest BCUT2D eigenvalue weighted by Crippen LogP contribution is 2.29. The highest BCUT2D eigenvalue weighted by molar-refractivity contribution is 5.62. The molecule has 1 N–H and O–H groups in total. The monoisotopic (exact) mass is 274 g/mol. The van der Waals surface area contributed by atoms with Crippen molar-refractivity contribution in [3.05, 3.63) is 70.0 Å². The predicted octanol–water partition coefficient (Wildman–Crippen LogP) is 4.30. The van der Waals surface area contributed by atoms with Gasteiger partial charge in [-0.3, -0.25) is 10.1 Å². The number of rotatable bonds is 5. The highest BCUT2D eigenvalue weighted by atomic mass is 19.1. The molecule has 0 radical (unpaired) electrons. The molecule has 2 aromatic rings. The van der Waals surface area contributed by atoms with Crippen LogP contribution in [0.1, 0.15) is 24.9 Å². The lowest BCUT2D eigenvalue weighted by Crippen LogP contribution is -2.11. The van der Waals surface area contributed by atoms with Gasteiger partial charge < -0.3 is 5.32 Å². The third kappa shape index (κ3) is 3.12. The number of halogens is 1. The van der Waals surface area contributed by atoms with Gasteiger partial charge in [0.2, 0.25) is 0 Å².